The number of carbonyl (C=O) groups is 1. The van der Waals surface area contributed by atoms with E-state index < -0.39 is 0 Å². The Morgan fingerprint density at radius 1 is 1.12 bits per heavy atom. The summed E-state index contributed by atoms with van der Waals surface area (Å²) < 4.78 is 13.5. The summed E-state index contributed by atoms with van der Waals surface area (Å²) in [5.41, 5.74) is 2.79. The van der Waals surface area contributed by atoms with Gasteiger partial charge in [-0.15, -0.1) is 0 Å². The highest BCUT2D eigenvalue weighted by Crippen LogP contribution is 2.25. The van der Waals surface area contributed by atoms with Gasteiger partial charge in [0.05, 0.1) is 11.3 Å². The first-order chi connectivity index (χ1) is 11.5. The van der Waals surface area contributed by atoms with Gasteiger partial charge >= 0.3 is 0 Å². The summed E-state index contributed by atoms with van der Waals surface area (Å²) in [7, 11) is 0. The highest BCUT2D eigenvalue weighted by atomic mass is 35.5. The van der Waals surface area contributed by atoms with Gasteiger partial charge in [-0.1, -0.05) is 35.9 Å². The van der Waals surface area contributed by atoms with E-state index in [0.29, 0.717) is 27.5 Å². The highest BCUT2D eigenvalue weighted by molar-refractivity contribution is 6.33. The SMILES string of the molecule is Cc1ccc(NC(=O)c2ccc(-c3ccccc3Cl)nc2)cc1F. The second-order valence-corrected chi connectivity index (χ2v) is 5.74. The van der Waals surface area contributed by atoms with Crippen LogP contribution in [0, 0.1) is 12.7 Å². The molecule has 0 radical (unpaired) electrons. The molecular weight excluding hydrogens is 327 g/mol. The predicted octanol–water partition coefficient (Wildman–Crippen LogP) is 5.10. The van der Waals surface area contributed by atoms with Crippen molar-refractivity contribution in [1.29, 1.82) is 0 Å². The van der Waals surface area contributed by atoms with Crippen LogP contribution in [0.25, 0.3) is 11.3 Å². The standard InChI is InChI=1S/C19H14ClFN2O/c1-12-6-8-14(10-17(12)21)23-19(24)13-7-9-18(22-11-13)15-4-2-3-5-16(15)20/h2-11H,1H3,(H,23,24). The first-order valence-electron chi connectivity index (χ1n) is 7.33. The Balaban J connectivity index is 1.79. The summed E-state index contributed by atoms with van der Waals surface area (Å²) in [6.07, 6.45) is 1.47. The molecule has 2 aromatic carbocycles. The molecular formula is C19H14ClFN2O. The molecule has 0 aliphatic carbocycles. The molecule has 1 heterocycles. The van der Waals surface area contributed by atoms with E-state index in [-0.39, 0.29) is 11.7 Å². The largest absolute Gasteiger partial charge is 0.322 e. The zero-order valence-corrected chi connectivity index (χ0v) is 13.6. The van der Waals surface area contributed by atoms with Crippen LogP contribution < -0.4 is 5.32 Å². The first-order valence-corrected chi connectivity index (χ1v) is 7.71. The second kappa shape index (κ2) is 6.81. The van der Waals surface area contributed by atoms with Crippen LogP contribution in [0.1, 0.15) is 15.9 Å². The quantitative estimate of drug-likeness (QED) is 0.720. The molecule has 1 amide bonds. The zero-order valence-electron chi connectivity index (χ0n) is 12.9. The maximum absolute atomic E-state index is 13.5. The number of benzene rings is 2. The number of nitrogens with zero attached hydrogens (tertiary/aromatic N) is 1. The van der Waals surface area contributed by atoms with E-state index in [0.717, 1.165) is 5.56 Å². The van der Waals surface area contributed by atoms with Gasteiger partial charge in [-0.3, -0.25) is 9.78 Å². The molecule has 0 saturated heterocycles. The van der Waals surface area contributed by atoms with E-state index in [1.165, 1.54) is 12.3 Å². The molecule has 3 rings (SSSR count). The number of anilines is 1. The van der Waals surface area contributed by atoms with Crippen molar-refractivity contribution in [2.24, 2.45) is 0 Å². The Bertz CT molecular complexity index is 894. The lowest BCUT2D eigenvalue weighted by Gasteiger charge is -2.07. The summed E-state index contributed by atoms with van der Waals surface area (Å²) in [6, 6.07) is 15.3. The van der Waals surface area contributed by atoms with Gasteiger partial charge in [0.15, 0.2) is 0 Å². The first kappa shape index (κ1) is 16.1. The number of rotatable bonds is 3. The number of nitrogens with one attached hydrogen (secondary N) is 1. The van der Waals surface area contributed by atoms with Crippen molar-refractivity contribution in [2.75, 3.05) is 5.32 Å². The monoisotopic (exact) mass is 340 g/mol. The number of aromatic nitrogens is 1. The Morgan fingerprint density at radius 2 is 1.92 bits per heavy atom. The minimum atomic E-state index is -0.361. The third kappa shape index (κ3) is 3.44. The second-order valence-electron chi connectivity index (χ2n) is 5.33. The Morgan fingerprint density at radius 3 is 2.58 bits per heavy atom. The van der Waals surface area contributed by atoms with Crippen LogP contribution in [-0.4, -0.2) is 10.9 Å². The fourth-order valence-corrected chi connectivity index (χ4v) is 2.46. The van der Waals surface area contributed by atoms with Gasteiger partial charge in [-0.2, -0.15) is 0 Å². The minimum Gasteiger partial charge on any atom is -0.322 e. The van der Waals surface area contributed by atoms with E-state index in [2.05, 4.69) is 10.3 Å². The lowest BCUT2D eigenvalue weighted by molar-refractivity contribution is 0.102. The maximum Gasteiger partial charge on any atom is 0.257 e. The summed E-state index contributed by atoms with van der Waals surface area (Å²) in [5, 5.41) is 3.25. The molecule has 0 bridgehead atoms. The van der Waals surface area contributed by atoms with Gasteiger partial charge in [0.1, 0.15) is 5.82 Å². The van der Waals surface area contributed by atoms with Crippen molar-refractivity contribution in [3.63, 3.8) is 0 Å². The highest BCUT2D eigenvalue weighted by Gasteiger charge is 2.10. The maximum atomic E-state index is 13.5. The normalized spacial score (nSPS) is 10.5. The topological polar surface area (TPSA) is 42.0 Å². The lowest BCUT2D eigenvalue weighted by atomic mass is 10.1. The minimum absolute atomic E-state index is 0.350. The summed E-state index contributed by atoms with van der Waals surface area (Å²) >= 11 is 6.14. The lowest BCUT2D eigenvalue weighted by Crippen LogP contribution is -2.12. The van der Waals surface area contributed by atoms with Gasteiger partial charge < -0.3 is 5.32 Å². The summed E-state index contributed by atoms with van der Waals surface area (Å²) in [5.74, 6) is -0.712. The predicted molar refractivity (Wildman–Crippen MR) is 93.8 cm³/mol. The van der Waals surface area contributed by atoms with E-state index in [9.17, 15) is 9.18 Å². The molecule has 0 aliphatic heterocycles. The molecule has 1 aromatic heterocycles. The molecule has 0 aliphatic rings. The Kier molecular flexibility index (Phi) is 4.58. The molecule has 3 aromatic rings. The molecule has 5 heteroatoms. The summed E-state index contributed by atoms with van der Waals surface area (Å²) in [4.78, 5) is 16.5. The van der Waals surface area contributed by atoms with Crippen LogP contribution in [-0.2, 0) is 0 Å². The van der Waals surface area contributed by atoms with Gasteiger partial charge in [-0.25, -0.2) is 4.39 Å². The fraction of sp³-hybridized carbons (Fsp3) is 0.0526. The molecule has 0 unspecified atom stereocenters. The molecule has 1 N–H and O–H groups in total. The van der Waals surface area contributed by atoms with Crippen LogP contribution >= 0.6 is 11.6 Å². The number of halogens is 2. The number of aryl methyl sites for hydroxylation is 1. The number of carbonyl (C=O) groups excluding carboxylic acids is 1. The van der Waals surface area contributed by atoms with E-state index in [4.69, 9.17) is 11.6 Å². The average Bonchev–Trinajstić information content (AvgIpc) is 2.59. The van der Waals surface area contributed by atoms with Crippen LogP contribution in [0.3, 0.4) is 0 Å². The summed E-state index contributed by atoms with van der Waals surface area (Å²) in [6.45, 7) is 1.66. The molecule has 0 fully saturated rings. The van der Waals surface area contributed by atoms with Crippen molar-refractivity contribution < 1.29 is 9.18 Å². The smallest absolute Gasteiger partial charge is 0.257 e. The molecule has 0 saturated carbocycles. The van der Waals surface area contributed by atoms with Gasteiger partial charge in [0.25, 0.3) is 5.91 Å². The third-order valence-corrected chi connectivity index (χ3v) is 3.93. The van der Waals surface area contributed by atoms with Gasteiger partial charge in [-0.05, 0) is 42.8 Å². The van der Waals surface area contributed by atoms with Crippen molar-refractivity contribution in [3.8, 4) is 11.3 Å². The number of hydrogen-bond donors (Lipinski definition) is 1. The van der Waals surface area contributed by atoms with Crippen LogP contribution in [0.5, 0.6) is 0 Å². The van der Waals surface area contributed by atoms with E-state index in [1.807, 2.05) is 18.2 Å². The van der Waals surface area contributed by atoms with Crippen molar-refractivity contribution in [1.82, 2.24) is 4.98 Å². The molecule has 120 valence electrons. The molecule has 3 nitrogen and oxygen atoms in total. The Labute approximate surface area is 144 Å². The van der Waals surface area contributed by atoms with E-state index in [1.54, 1.807) is 37.3 Å². The number of amides is 1. The van der Waals surface area contributed by atoms with Crippen LogP contribution in [0.4, 0.5) is 10.1 Å². The van der Waals surface area contributed by atoms with Crippen molar-refractivity contribution >= 4 is 23.2 Å². The fourth-order valence-electron chi connectivity index (χ4n) is 2.23. The number of pyridine rings is 1. The van der Waals surface area contributed by atoms with E-state index >= 15 is 0 Å². The van der Waals surface area contributed by atoms with Crippen molar-refractivity contribution in [2.45, 2.75) is 6.92 Å². The average molecular weight is 341 g/mol. The molecule has 0 spiro atoms. The van der Waals surface area contributed by atoms with Crippen molar-refractivity contribution in [3.05, 3.63) is 82.8 Å². The van der Waals surface area contributed by atoms with Gasteiger partial charge in [0.2, 0.25) is 0 Å². The Hall–Kier alpha value is -2.72. The van der Waals surface area contributed by atoms with Gasteiger partial charge in [0, 0.05) is 22.5 Å². The molecule has 0 atom stereocenters. The zero-order chi connectivity index (χ0) is 17.1. The molecule has 24 heavy (non-hydrogen) atoms. The third-order valence-electron chi connectivity index (χ3n) is 3.61. The van der Waals surface area contributed by atoms with Crippen LogP contribution in [0.2, 0.25) is 5.02 Å². The number of hydrogen-bond acceptors (Lipinski definition) is 2. The van der Waals surface area contributed by atoms with Crippen LogP contribution in [0.15, 0.2) is 60.8 Å².